The molecule has 4 rings (SSSR count). The van der Waals surface area contributed by atoms with E-state index in [-0.39, 0.29) is 30.2 Å². The molecule has 0 unspecified atom stereocenters. The maximum absolute atomic E-state index is 13.8. The molecule has 4 nitrogen and oxygen atoms in total. The molecule has 200 valence electrons. The molecule has 1 aliphatic carbocycles. The number of halogens is 3. The molecule has 1 atom stereocenters. The van der Waals surface area contributed by atoms with Crippen LogP contribution in [0.1, 0.15) is 43.2 Å². The summed E-state index contributed by atoms with van der Waals surface area (Å²) in [6.07, 6.45) is 5.77. The number of nitrogens with one attached hydrogen (secondary N) is 1. The van der Waals surface area contributed by atoms with Crippen LogP contribution in [0.25, 0.3) is 0 Å². The monoisotopic (exact) mass is 588 g/mol. The fourth-order valence-electron chi connectivity index (χ4n) is 4.69. The zero-order valence-electron chi connectivity index (χ0n) is 21.0. The van der Waals surface area contributed by atoms with Gasteiger partial charge in [-0.15, -0.1) is 11.8 Å². The molecule has 1 fully saturated rings. The number of carbonyl (C=O) groups is 2. The van der Waals surface area contributed by atoms with E-state index >= 15 is 0 Å². The minimum atomic E-state index is -0.674. The Bertz CT molecular complexity index is 1220. The van der Waals surface area contributed by atoms with Crippen molar-refractivity contribution in [3.8, 4) is 0 Å². The number of carbonyl (C=O) groups excluding carboxylic acids is 2. The fourth-order valence-corrected chi connectivity index (χ4v) is 5.92. The van der Waals surface area contributed by atoms with E-state index < -0.39 is 6.04 Å². The Kier molecular flexibility index (Phi) is 10.8. The van der Waals surface area contributed by atoms with Gasteiger partial charge in [0.1, 0.15) is 6.04 Å². The van der Waals surface area contributed by atoms with Crippen LogP contribution >= 0.6 is 46.6 Å². The Morgan fingerprint density at radius 3 is 2.26 bits per heavy atom. The third-order valence-corrected chi connectivity index (χ3v) is 8.72. The minimum Gasteiger partial charge on any atom is -0.352 e. The van der Waals surface area contributed by atoms with Crippen LogP contribution in [0, 0.1) is 0 Å². The third kappa shape index (κ3) is 8.41. The van der Waals surface area contributed by atoms with Crippen molar-refractivity contribution in [3.05, 3.63) is 99.0 Å². The van der Waals surface area contributed by atoms with Crippen LogP contribution in [-0.4, -0.2) is 34.6 Å². The number of rotatable bonds is 10. The molecule has 0 aromatic heterocycles. The molecule has 2 amide bonds. The minimum absolute atomic E-state index is 0.120. The summed E-state index contributed by atoms with van der Waals surface area (Å²) in [6.45, 7) is 0.243. The molecule has 1 aliphatic rings. The zero-order valence-corrected chi connectivity index (χ0v) is 24.1. The number of hydrogen-bond donors (Lipinski definition) is 1. The van der Waals surface area contributed by atoms with Gasteiger partial charge >= 0.3 is 0 Å². The molecule has 0 saturated heterocycles. The predicted molar refractivity (Wildman–Crippen MR) is 158 cm³/mol. The Morgan fingerprint density at radius 1 is 0.868 bits per heavy atom. The van der Waals surface area contributed by atoms with E-state index in [1.807, 2.05) is 48.5 Å². The van der Waals surface area contributed by atoms with Gasteiger partial charge < -0.3 is 10.2 Å². The lowest BCUT2D eigenvalue weighted by molar-refractivity contribution is -0.139. The van der Waals surface area contributed by atoms with Crippen LogP contribution in [-0.2, 0) is 22.6 Å². The van der Waals surface area contributed by atoms with Gasteiger partial charge in [-0.05, 0) is 60.4 Å². The molecule has 0 spiro atoms. The molecule has 8 heteroatoms. The Balaban J connectivity index is 1.62. The summed E-state index contributed by atoms with van der Waals surface area (Å²) < 4.78 is 0. The van der Waals surface area contributed by atoms with E-state index in [1.165, 1.54) is 18.2 Å². The molecular weight excluding hydrogens is 559 g/mol. The maximum Gasteiger partial charge on any atom is 0.243 e. The molecule has 1 saturated carbocycles. The molecular formula is C30H31Cl3N2O2S. The quantitative estimate of drug-likeness (QED) is 0.245. The molecule has 0 heterocycles. The maximum atomic E-state index is 13.8. The standard InChI is InChI=1S/C30H31Cl3N2O2S/c31-23-12-14-25(15-13-23)38-20-29(36)35(19-22-11-16-26(32)27(33)17-22)28(18-21-7-3-1-4-8-21)30(37)34-24-9-5-2-6-10-24/h1,3-4,7-8,11-17,24,28H,2,5-6,9-10,18-20H2,(H,34,37)/t28-/m1/s1. The van der Waals surface area contributed by atoms with E-state index in [0.29, 0.717) is 21.5 Å². The summed E-state index contributed by atoms with van der Waals surface area (Å²) in [5.74, 6) is -0.0632. The summed E-state index contributed by atoms with van der Waals surface area (Å²) in [5, 5.41) is 4.76. The van der Waals surface area contributed by atoms with Crippen LogP contribution in [0.3, 0.4) is 0 Å². The Labute approximate surface area is 244 Å². The summed E-state index contributed by atoms with van der Waals surface area (Å²) in [7, 11) is 0. The normalized spacial score (nSPS) is 14.6. The third-order valence-electron chi connectivity index (χ3n) is 6.74. The van der Waals surface area contributed by atoms with Crippen molar-refractivity contribution in [1.82, 2.24) is 10.2 Å². The van der Waals surface area contributed by atoms with Crippen LogP contribution in [0.4, 0.5) is 0 Å². The Morgan fingerprint density at radius 2 is 1.58 bits per heavy atom. The largest absolute Gasteiger partial charge is 0.352 e. The first-order valence-electron chi connectivity index (χ1n) is 12.8. The second-order valence-electron chi connectivity index (χ2n) is 9.56. The van der Waals surface area contributed by atoms with Gasteiger partial charge in [-0.3, -0.25) is 9.59 Å². The number of thioether (sulfide) groups is 1. The second-order valence-corrected chi connectivity index (χ2v) is 11.9. The highest BCUT2D eigenvalue weighted by Crippen LogP contribution is 2.26. The first kappa shape index (κ1) is 28.8. The van der Waals surface area contributed by atoms with Gasteiger partial charge in [-0.25, -0.2) is 0 Å². The van der Waals surface area contributed by atoms with Gasteiger partial charge in [0.05, 0.1) is 15.8 Å². The van der Waals surface area contributed by atoms with Crippen LogP contribution in [0.15, 0.2) is 77.7 Å². The lowest BCUT2D eigenvalue weighted by Crippen LogP contribution is -2.53. The highest BCUT2D eigenvalue weighted by molar-refractivity contribution is 8.00. The SMILES string of the molecule is O=C(NC1CCCCC1)[C@@H](Cc1ccccc1)N(Cc1ccc(Cl)c(Cl)c1)C(=O)CSc1ccc(Cl)cc1. The number of nitrogens with zero attached hydrogens (tertiary/aromatic N) is 1. The van der Waals surface area contributed by atoms with Crippen molar-refractivity contribution in [2.45, 2.75) is 62.0 Å². The Hall–Kier alpha value is -2.18. The second kappa shape index (κ2) is 14.3. The lowest BCUT2D eigenvalue weighted by atomic mass is 9.94. The summed E-state index contributed by atoms with van der Waals surface area (Å²) >= 11 is 19.9. The lowest BCUT2D eigenvalue weighted by Gasteiger charge is -2.33. The van der Waals surface area contributed by atoms with E-state index in [2.05, 4.69) is 5.32 Å². The van der Waals surface area contributed by atoms with Crippen molar-refractivity contribution < 1.29 is 9.59 Å². The van der Waals surface area contributed by atoms with Gasteiger partial charge in [0.2, 0.25) is 11.8 Å². The number of amides is 2. The molecule has 38 heavy (non-hydrogen) atoms. The highest BCUT2D eigenvalue weighted by Gasteiger charge is 2.32. The van der Waals surface area contributed by atoms with E-state index in [1.54, 1.807) is 29.2 Å². The molecule has 1 N–H and O–H groups in total. The molecule has 3 aromatic carbocycles. The first-order valence-corrected chi connectivity index (χ1v) is 15.0. The average Bonchev–Trinajstić information content (AvgIpc) is 2.93. The smallest absolute Gasteiger partial charge is 0.243 e. The number of benzene rings is 3. The van der Waals surface area contributed by atoms with Crippen LogP contribution in [0.2, 0.25) is 15.1 Å². The van der Waals surface area contributed by atoms with Gasteiger partial charge in [0, 0.05) is 28.9 Å². The van der Waals surface area contributed by atoms with E-state index in [0.717, 1.165) is 41.7 Å². The van der Waals surface area contributed by atoms with Crippen molar-refractivity contribution >= 4 is 58.4 Å². The molecule has 3 aromatic rings. The molecule has 0 aliphatic heterocycles. The van der Waals surface area contributed by atoms with Gasteiger partial charge in [-0.1, -0.05) is 90.5 Å². The van der Waals surface area contributed by atoms with Gasteiger partial charge in [0.15, 0.2) is 0 Å². The van der Waals surface area contributed by atoms with E-state index in [4.69, 9.17) is 34.8 Å². The first-order chi connectivity index (χ1) is 18.4. The fraction of sp³-hybridized carbons (Fsp3) is 0.333. The predicted octanol–water partition coefficient (Wildman–Crippen LogP) is 7.83. The summed E-state index contributed by atoms with van der Waals surface area (Å²) in [5.41, 5.74) is 1.81. The van der Waals surface area contributed by atoms with Crippen LogP contribution in [0.5, 0.6) is 0 Å². The van der Waals surface area contributed by atoms with Crippen molar-refractivity contribution in [1.29, 1.82) is 0 Å². The van der Waals surface area contributed by atoms with Crippen molar-refractivity contribution in [2.24, 2.45) is 0 Å². The molecule has 0 bridgehead atoms. The summed E-state index contributed by atoms with van der Waals surface area (Å²) in [6, 6.07) is 22.0. The average molecular weight is 590 g/mol. The van der Waals surface area contributed by atoms with Gasteiger partial charge in [-0.2, -0.15) is 0 Å². The summed E-state index contributed by atoms with van der Waals surface area (Å²) in [4.78, 5) is 30.2. The molecule has 0 radical (unpaired) electrons. The zero-order chi connectivity index (χ0) is 26.9. The van der Waals surface area contributed by atoms with Crippen LogP contribution < -0.4 is 5.32 Å². The topological polar surface area (TPSA) is 49.4 Å². The van der Waals surface area contributed by atoms with Crippen molar-refractivity contribution in [3.63, 3.8) is 0 Å². The highest BCUT2D eigenvalue weighted by atomic mass is 35.5. The van der Waals surface area contributed by atoms with Crippen molar-refractivity contribution in [2.75, 3.05) is 5.75 Å². The number of hydrogen-bond acceptors (Lipinski definition) is 3. The van der Waals surface area contributed by atoms with Gasteiger partial charge in [0.25, 0.3) is 0 Å². The van der Waals surface area contributed by atoms with E-state index in [9.17, 15) is 9.59 Å².